The van der Waals surface area contributed by atoms with Gasteiger partial charge in [0.1, 0.15) is 4.90 Å². The van der Waals surface area contributed by atoms with E-state index in [4.69, 9.17) is 4.74 Å². The molecule has 1 aromatic rings. The van der Waals surface area contributed by atoms with Gasteiger partial charge in [-0.1, -0.05) is 39.0 Å². The zero-order valence-corrected chi connectivity index (χ0v) is 16.8. The van der Waals surface area contributed by atoms with Crippen LogP contribution in [0.2, 0.25) is 0 Å². The SMILES string of the molecule is CCCCCCCCOC(=O)Nc1ccc(S(=O)(=O)O)c(N2CCCC2)c1. The van der Waals surface area contributed by atoms with Crippen LogP contribution in [0.3, 0.4) is 0 Å². The van der Waals surface area contributed by atoms with Gasteiger partial charge in [-0.15, -0.1) is 0 Å². The molecular formula is C19H30N2O5S. The average Bonchev–Trinajstić information content (AvgIpc) is 3.14. The van der Waals surface area contributed by atoms with Crippen LogP contribution in [-0.4, -0.2) is 38.8 Å². The van der Waals surface area contributed by atoms with Gasteiger partial charge >= 0.3 is 6.09 Å². The molecule has 1 saturated heterocycles. The molecule has 0 saturated carbocycles. The molecule has 0 radical (unpaired) electrons. The van der Waals surface area contributed by atoms with Gasteiger partial charge in [-0.3, -0.25) is 9.87 Å². The number of anilines is 2. The minimum Gasteiger partial charge on any atom is -0.449 e. The highest BCUT2D eigenvalue weighted by atomic mass is 32.2. The van der Waals surface area contributed by atoms with Crippen LogP contribution < -0.4 is 10.2 Å². The summed E-state index contributed by atoms with van der Waals surface area (Å²) in [6.07, 6.45) is 8.03. The Bertz CT molecular complexity index is 715. The Labute approximate surface area is 161 Å². The molecule has 1 fully saturated rings. The van der Waals surface area contributed by atoms with E-state index >= 15 is 0 Å². The molecular weight excluding hydrogens is 368 g/mol. The second-order valence-corrected chi connectivity index (χ2v) is 8.27. The molecule has 0 unspecified atom stereocenters. The molecule has 8 heteroatoms. The van der Waals surface area contributed by atoms with Crippen molar-refractivity contribution < 1.29 is 22.5 Å². The summed E-state index contributed by atoms with van der Waals surface area (Å²) in [5, 5.41) is 2.63. The van der Waals surface area contributed by atoms with Gasteiger partial charge in [0.15, 0.2) is 0 Å². The summed E-state index contributed by atoms with van der Waals surface area (Å²) in [7, 11) is -4.33. The molecule has 0 aromatic heterocycles. The average molecular weight is 399 g/mol. The van der Waals surface area contributed by atoms with Gasteiger partial charge in [0.05, 0.1) is 12.3 Å². The number of carbonyl (C=O) groups excluding carboxylic acids is 1. The van der Waals surface area contributed by atoms with Crippen LogP contribution in [0.1, 0.15) is 58.3 Å². The Hall–Kier alpha value is -1.80. The molecule has 0 atom stereocenters. The van der Waals surface area contributed by atoms with E-state index in [1.165, 1.54) is 31.4 Å². The van der Waals surface area contributed by atoms with E-state index in [0.29, 0.717) is 31.1 Å². The largest absolute Gasteiger partial charge is 0.449 e. The Morgan fingerprint density at radius 2 is 1.81 bits per heavy atom. The number of nitrogens with one attached hydrogen (secondary N) is 1. The summed E-state index contributed by atoms with van der Waals surface area (Å²) in [4.78, 5) is 13.7. The molecule has 0 spiro atoms. The number of ether oxygens (including phenoxy) is 1. The lowest BCUT2D eigenvalue weighted by Crippen LogP contribution is -2.21. The lowest BCUT2D eigenvalue weighted by atomic mass is 10.1. The molecule has 0 aliphatic carbocycles. The van der Waals surface area contributed by atoms with Crippen LogP contribution in [-0.2, 0) is 14.9 Å². The van der Waals surface area contributed by atoms with Crippen molar-refractivity contribution in [3.63, 3.8) is 0 Å². The van der Waals surface area contributed by atoms with Gasteiger partial charge in [-0.2, -0.15) is 8.42 Å². The second-order valence-electron chi connectivity index (χ2n) is 6.88. The Kier molecular flexibility index (Phi) is 8.37. The summed E-state index contributed by atoms with van der Waals surface area (Å²) in [5.41, 5.74) is 0.848. The molecule has 1 aliphatic rings. The maximum atomic E-state index is 11.9. The predicted molar refractivity (Wildman–Crippen MR) is 106 cm³/mol. The van der Waals surface area contributed by atoms with Crippen molar-refractivity contribution in [2.45, 2.75) is 63.2 Å². The Morgan fingerprint density at radius 3 is 2.48 bits per heavy atom. The fraction of sp³-hybridized carbons (Fsp3) is 0.632. The van der Waals surface area contributed by atoms with Gasteiger partial charge in [0.2, 0.25) is 0 Å². The summed E-state index contributed by atoms with van der Waals surface area (Å²) in [6, 6.07) is 4.33. The van der Waals surface area contributed by atoms with Crippen LogP contribution >= 0.6 is 0 Å². The van der Waals surface area contributed by atoms with Crippen LogP contribution in [0.25, 0.3) is 0 Å². The van der Waals surface area contributed by atoms with Crippen molar-refractivity contribution in [3.05, 3.63) is 18.2 Å². The fourth-order valence-corrected chi connectivity index (χ4v) is 3.91. The lowest BCUT2D eigenvalue weighted by molar-refractivity contribution is 0.159. The monoisotopic (exact) mass is 398 g/mol. The third-order valence-electron chi connectivity index (χ3n) is 4.66. The van der Waals surface area contributed by atoms with E-state index in [9.17, 15) is 17.8 Å². The zero-order valence-electron chi connectivity index (χ0n) is 15.9. The Balaban J connectivity index is 1.90. The number of unbranched alkanes of at least 4 members (excludes halogenated alkanes) is 5. The normalized spacial score (nSPS) is 14.4. The molecule has 152 valence electrons. The van der Waals surface area contributed by atoms with Gasteiger partial charge in [0.25, 0.3) is 10.1 Å². The molecule has 0 bridgehead atoms. The molecule has 1 aliphatic heterocycles. The van der Waals surface area contributed by atoms with Crippen LogP contribution in [0, 0.1) is 0 Å². The van der Waals surface area contributed by atoms with E-state index in [1.807, 2.05) is 4.90 Å². The zero-order chi connectivity index (χ0) is 19.7. The number of nitrogens with zero attached hydrogens (tertiary/aromatic N) is 1. The third kappa shape index (κ3) is 7.03. The number of amides is 1. The third-order valence-corrected chi connectivity index (χ3v) is 5.56. The summed E-state index contributed by atoms with van der Waals surface area (Å²) < 4.78 is 37.9. The molecule has 7 nitrogen and oxygen atoms in total. The minimum absolute atomic E-state index is 0.143. The van der Waals surface area contributed by atoms with Crippen molar-refractivity contribution in [1.82, 2.24) is 0 Å². The van der Waals surface area contributed by atoms with Crippen molar-refractivity contribution in [2.75, 3.05) is 29.9 Å². The maximum Gasteiger partial charge on any atom is 0.411 e. The summed E-state index contributed by atoms with van der Waals surface area (Å²) in [6.45, 7) is 3.97. The molecule has 27 heavy (non-hydrogen) atoms. The molecule has 1 heterocycles. The first kappa shape index (κ1) is 21.5. The lowest BCUT2D eigenvalue weighted by Gasteiger charge is -2.21. The van der Waals surface area contributed by atoms with Crippen molar-refractivity contribution >= 4 is 27.6 Å². The van der Waals surface area contributed by atoms with E-state index in [2.05, 4.69) is 12.2 Å². The van der Waals surface area contributed by atoms with Gasteiger partial charge in [0, 0.05) is 18.8 Å². The van der Waals surface area contributed by atoms with Crippen molar-refractivity contribution in [1.29, 1.82) is 0 Å². The fourth-order valence-electron chi connectivity index (χ4n) is 3.22. The van der Waals surface area contributed by atoms with Crippen LogP contribution in [0.5, 0.6) is 0 Å². The predicted octanol–water partition coefficient (Wildman–Crippen LogP) is 4.44. The maximum absolute atomic E-state index is 11.9. The van der Waals surface area contributed by atoms with Crippen molar-refractivity contribution in [2.24, 2.45) is 0 Å². The molecule has 1 aromatic carbocycles. The Morgan fingerprint density at radius 1 is 1.15 bits per heavy atom. The van der Waals surface area contributed by atoms with Gasteiger partial charge in [-0.05, 0) is 37.5 Å². The number of carbonyl (C=O) groups is 1. The smallest absolute Gasteiger partial charge is 0.411 e. The molecule has 1 amide bonds. The number of hydrogen-bond acceptors (Lipinski definition) is 5. The minimum atomic E-state index is -4.33. The van der Waals surface area contributed by atoms with Gasteiger partial charge in [-0.25, -0.2) is 4.79 Å². The van der Waals surface area contributed by atoms with Crippen molar-refractivity contribution in [3.8, 4) is 0 Å². The quantitative estimate of drug-likeness (QED) is 0.447. The molecule has 2 N–H and O–H groups in total. The van der Waals surface area contributed by atoms with Crippen LogP contribution in [0.15, 0.2) is 23.1 Å². The molecule has 2 rings (SSSR count). The van der Waals surface area contributed by atoms with E-state index in [1.54, 1.807) is 6.07 Å². The number of hydrogen-bond donors (Lipinski definition) is 2. The summed E-state index contributed by atoms with van der Waals surface area (Å²) >= 11 is 0. The number of rotatable bonds is 10. The first-order valence-corrected chi connectivity index (χ1v) is 11.2. The summed E-state index contributed by atoms with van der Waals surface area (Å²) in [5.74, 6) is 0. The topological polar surface area (TPSA) is 95.9 Å². The van der Waals surface area contributed by atoms with E-state index in [0.717, 1.165) is 32.1 Å². The highest BCUT2D eigenvalue weighted by Gasteiger charge is 2.23. The first-order chi connectivity index (χ1) is 12.9. The van der Waals surface area contributed by atoms with Crippen LogP contribution in [0.4, 0.5) is 16.2 Å². The first-order valence-electron chi connectivity index (χ1n) is 9.72. The van der Waals surface area contributed by atoms with Gasteiger partial charge < -0.3 is 9.64 Å². The number of benzene rings is 1. The standard InChI is InChI=1S/C19H30N2O5S/c1-2-3-4-5-6-9-14-26-19(22)20-16-10-11-18(27(23,24)25)17(15-16)21-12-7-8-13-21/h10-11,15H,2-9,12-14H2,1H3,(H,20,22)(H,23,24,25). The highest BCUT2D eigenvalue weighted by Crippen LogP contribution is 2.31. The van der Waals surface area contributed by atoms with E-state index in [-0.39, 0.29) is 4.90 Å². The highest BCUT2D eigenvalue weighted by molar-refractivity contribution is 7.86. The second kappa shape index (κ2) is 10.5. The van der Waals surface area contributed by atoms with E-state index < -0.39 is 16.2 Å².